The number of primary amides is 1. The van der Waals surface area contributed by atoms with Crippen LogP contribution in [0.15, 0.2) is 48.9 Å². The molecular weight excluding hydrogens is 456 g/mol. The molecule has 1 amide bonds. The molecule has 36 heavy (non-hydrogen) atoms. The summed E-state index contributed by atoms with van der Waals surface area (Å²) in [6, 6.07) is 11.2. The van der Waals surface area contributed by atoms with Crippen LogP contribution in [0.5, 0.6) is 5.75 Å². The van der Waals surface area contributed by atoms with Crippen molar-refractivity contribution in [1.29, 1.82) is 5.41 Å². The Kier molecular flexibility index (Phi) is 7.62. The van der Waals surface area contributed by atoms with Gasteiger partial charge in [0.05, 0.1) is 18.6 Å². The predicted octanol–water partition coefficient (Wildman–Crippen LogP) is 2.98. The monoisotopic (exact) mass is 488 g/mol. The highest BCUT2D eigenvalue weighted by atomic mass is 16.5. The third kappa shape index (κ3) is 5.70. The first-order chi connectivity index (χ1) is 17.4. The number of nitrogens with one attached hydrogen (secondary N) is 2. The molecule has 0 spiro atoms. The first-order valence-electron chi connectivity index (χ1n) is 11.9. The quantitative estimate of drug-likeness (QED) is 0.326. The van der Waals surface area contributed by atoms with Crippen LogP contribution in [-0.4, -0.2) is 71.4 Å². The van der Waals surface area contributed by atoms with E-state index in [0.29, 0.717) is 29.5 Å². The molecule has 0 radical (unpaired) electrons. The van der Waals surface area contributed by atoms with Gasteiger partial charge in [-0.15, -0.1) is 0 Å². The zero-order valence-electron chi connectivity index (χ0n) is 20.9. The molecule has 1 saturated heterocycles. The Hall–Kier alpha value is -4.21. The van der Waals surface area contributed by atoms with Crippen LogP contribution in [0.1, 0.15) is 35.7 Å². The van der Waals surface area contributed by atoms with Gasteiger partial charge in [-0.25, -0.2) is 15.0 Å². The number of nitrogens with zero attached hydrogens (tertiary/aromatic N) is 5. The van der Waals surface area contributed by atoms with Gasteiger partial charge in [0.2, 0.25) is 5.91 Å². The summed E-state index contributed by atoms with van der Waals surface area (Å²) in [6.45, 7) is 7.87. The summed E-state index contributed by atoms with van der Waals surface area (Å²) in [4.78, 5) is 29.2. The van der Waals surface area contributed by atoms with Crippen molar-refractivity contribution in [3.63, 3.8) is 0 Å². The van der Waals surface area contributed by atoms with Gasteiger partial charge in [0.1, 0.15) is 23.7 Å². The Morgan fingerprint density at radius 1 is 1.14 bits per heavy atom. The van der Waals surface area contributed by atoms with Crippen LogP contribution in [0.25, 0.3) is 11.3 Å². The molecule has 4 N–H and O–H groups in total. The molecule has 2 aromatic heterocycles. The maximum absolute atomic E-state index is 11.5. The van der Waals surface area contributed by atoms with Crippen LogP contribution in [0.3, 0.4) is 0 Å². The van der Waals surface area contributed by atoms with Crippen LogP contribution >= 0.6 is 0 Å². The number of hydrogen-bond donors (Lipinski definition) is 3. The van der Waals surface area contributed by atoms with E-state index < -0.39 is 5.91 Å². The SMILES string of the molecule is COc1cc(C(N)=O)ccc1C(C)CNc1cc(-c2ccc(N3CCN(C(C)=N)CC3)nc2)ncn1. The maximum Gasteiger partial charge on any atom is 0.248 e. The van der Waals surface area contributed by atoms with Crippen LogP contribution in [0.2, 0.25) is 0 Å². The number of hydrogen-bond acceptors (Lipinski definition) is 8. The Morgan fingerprint density at radius 2 is 1.92 bits per heavy atom. The molecule has 3 heterocycles. The summed E-state index contributed by atoms with van der Waals surface area (Å²) in [5.74, 6) is 2.49. The lowest BCUT2D eigenvalue weighted by molar-refractivity contribution is 0.1000. The summed E-state index contributed by atoms with van der Waals surface area (Å²) in [6.07, 6.45) is 3.38. The van der Waals surface area contributed by atoms with E-state index in [0.717, 1.165) is 48.8 Å². The summed E-state index contributed by atoms with van der Waals surface area (Å²) in [7, 11) is 1.58. The smallest absolute Gasteiger partial charge is 0.248 e. The minimum absolute atomic E-state index is 0.0955. The van der Waals surface area contributed by atoms with Crippen molar-refractivity contribution in [2.45, 2.75) is 19.8 Å². The van der Waals surface area contributed by atoms with Gasteiger partial charge < -0.3 is 25.6 Å². The van der Waals surface area contributed by atoms with Crippen LogP contribution < -0.4 is 20.7 Å². The Bertz CT molecular complexity index is 1220. The average Bonchev–Trinajstić information content (AvgIpc) is 2.91. The van der Waals surface area contributed by atoms with Crippen molar-refractivity contribution < 1.29 is 9.53 Å². The second-order valence-corrected chi connectivity index (χ2v) is 8.86. The molecule has 1 aliphatic heterocycles. The van der Waals surface area contributed by atoms with Gasteiger partial charge in [-0.05, 0) is 36.8 Å². The van der Waals surface area contributed by atoms with Crippen molar-refractivity contribution in [2.24, 2.45) is 5.73 Å². The van der Waals surface area contributed by atoms with Crippen molar-refractivity contribution in [3.8, 4) is 17.0 Å². The van der Waals surface area contributed by atoms with E-state index in [2.05, 4.69) is 37.0 Å². The number of methoxy groups -OCH3 is 1. The number of rotatable bonds is 8. The van der Waals surface area contributed by atoms with Crippen molar-refractivity contribution in [1.82, 2.24) is 19.9 Å². The third-order valence-electron chi connectivity index (χ3n) is 6.43. The number of ether oxygens (including phenoxy) is 1. The fraction of sp³-hybridized carbons (Fsp3) is 0.346. The largest absolute Gasteiger partial charge is 0.496 e. The maximum atomic E-state index is 11.5. The zero-order valence-corrected chi connectivity index (χ0v) is 20.9. The molecule has 1 aliphatic rings. The molecule has 4 rings (SSSR count). The topological polar surface area (TPSA) is 133 Å². The first-order valence-corrected chi connectivity index (χ1v) is 11.9. The van der Waals surface area contributed by atoms with E-state index in [1.807, 2.05) is 37.4 Å². The highest BCUT2D eigenvalue weighted by Crippen LogP contribution is 2.28. The molecule has 0 bridgehead atoms. The molecular formula is C26H32N8O2. The fourth-order valence-electron chi connectivity index (χ4n) is 4.25. The zero-order chi connectivity index (χ0) is 25.7. The number of pyridine rings is 1. The third-order valence-corrected chi connectivity index (χ3v) is 6.43. The van der Waals surface area contributed by atoms with Crippen LogP contribution in [0, 0.1) is 5.41 Å². The summed E-state index contributed by atoms with van der Waals surface area (Å²) in [5.41, 5.74) is 8.47. The van der Waals surface area contributed by atoms with E-state index in [4.69, 9.17) is 15.9 Å². The number of amides is 1. The summed E-state index contributed by atoms with van der Waals surface area (Å²) in [5, 5.41) is 11.2. The number of benzene rings is 1. The normalized spacial score (nSPS) is 14.3. The number of piperazine rings is 1. The number of carbonyl (C=O) groups excluding carboxylic acids is 1. The average molecular weight is 489 g/mol. The number of aromatic nitrogens is 3. The Labute approximate surface area is 211 Å². The first kappa shape index (κ1) is 24.9. The highest BCUT2D eigenvalue weighted by Gasteiger charge is 2.18. The van der Waals surface area contributed by atoms with Gasteiger partial charge >= 0.3 is 0 Å². The van der Waals surface area contributed by atoms with E-state index in [9.17, 15) is 4.79 Å². The lowest BCUT2D eigenvalue weighted by Gasteiger charge is -2.36. The molecule has 1 fully saturated rings. The van der Waals surface area contributed by atoms with Crippen molar-refractivity contribution in [3.05, 3.63) is 60.0 Å². The molecule has 3 aromatic rings. The van der Waals surface area contributed by atoms with Gasteiger partial charge in [-0.3, -0.25) is 10.2 Å². The van der Waals surface area contributed by atoms with E-state index in [1.165, 1.54) is 6.33 Å². The highest BCUT2D eigenvalue weighted by molar-refractivity contribution is 5.93. The van der Waals surface area contributed by atoms with Crippen LogP contribution in [-0.2, 0) is 0 Å². The molecule has 1 unspecified atom stereocenters. The van der Waals surface area contributed by atoms with Gasteiger partial charge in [0, 0.05) is 62.0 Å². The fourth-order valence-corrected chi connectivity index (χ4v) is 4.25. The number of anilines is 2. The predicted molar refractivity (Wildman–Crippen MR) is 141 cm³/mol. The number of carbonyl (C=O) groups is 1. The summed E-state index contributed by atoms with van der Waals surface area (Å²) < 4.78 is 5.47. The molecule has 10 nitrogen and oxygen atoms in total. The van der Waals surface area contributed by atoms with Crippen LogP contribution in [0.4, 0.5) is 11.6 Å². The molecule has 0 saturated carbocycles. The van der Waals surface area contributed by atoms with E-state index in [-0.39, 0.29) is 5.92 Å². The lowest BCUT2D eigenvalue weighted by atomic mass is 9.98. The molecule has 1 atom stereocenters. The second kappa shape index (κ2) is 11.0. The van der Waals surface area contributed by atoms with Gasteiger partial charge in [-0.1, -0.05) is 13.0 Å². The van der Waals surface area contributed by atoms with Gasteiger partial charge in [0.15, 0.2) is 0 Å². The second-order valence-electron chi connectivity index (χ2n) is 8.86. The summed E-state index contributed by atoms with van der Waals surface area (Å²) >= 11 is 0. The standard InChI is InChI=1S/C26H32N8O2/c1-17(21-6-4-19(26(28)35)12-23(21)36-3)14-29-24-13-22(31-16-32-24)20-5-7-25(30-15-20)34-10-8-33(9-11-34)18(2)27/h4-7,12-13,15-17,27H,8-11,14H2,1-3H3,(H2,28,35)(H,29,31,32). The van der Waals surface area contributed by atoms with E-state index >= 15 is 0 Å². The molecule has 1 aromatic carbocycles. The Morgan fingerprint density at radius 3 is 2.56 bits per heavy atom. The van der Waals surface area contributed by atoms with Gasteiger partial charge in [0.25, 0.3) is 0 Å². The minimum Gasteiger partial charge on any atom is -0.496 e. The van der Waals surface area contributed by atoms with E-state index in [1.54, 1.807) is 19.2 Å². The van der Waals surface area contributed by atoms with Crippen molar-refractivity contribution >= 4 is 23.4 Å². The minimum atomic E-state index is -0.484. The van der Waals surface area contributed by atoms with Crippen molar-refractivity contribution in [2.75, 3.05) is 50.1 Å². The molecule has 10 heteroatoms. The lowest BCUT2D eigenvalue weighted by Crippen LogP contribution is -2.48. The molecule has 0 aliphatic carbocycles. The number of amidine groups is 1. The number of nitrogens with two attached hydrogens (primary N) is 1. The Balaban J connectivity index is 1.39. The van der Waals surface area contributed by atoms with Gasteiger partial charge in [-0.2, -0.15) is 0 Å². The molecule has 188 valence electrons.